The van der Waals surface area contributed by atoms with Crippen molar-refractivity contribution in [2.75, 3.05) is 4.72 Å². The van der Waals surface area contributed by atoms with Crippen LogP contribution in [0.1, 0.15) is 5.56 Å². The predicted molar refractivity (Wildman–Crippen MR) is 68.3 cm³/mol. The summed E-state index contributed by atoms with van der Waals surface area (Å²) < 4.78 is 65.6. The number of benzene rings is 2. The van der Waals surface area contributed by atoms with Crippen molar-refractivity contribution < 1.29 is 21.6 Å². The van der Waals surface area contributed by atoms with E-state index in [1.807, 2.05) is 4.72 Å². The first-order valence-electron chi connectivity index (χ1n) is 5.51. The van der Waals surface area contributed by atoms with Gasteiger partial charge in [0.05, 0.1) is 5.69 Å². The van der Waals surface area contributed by atoms with Gasteiger partial charge >= 0.3 is 0 Å². The van der Waals surface area contributed by atoms with Crippen molar-refractivity contribution >= 4 is 15.7 Å². The highest BCUT2D eigenvalue weighted by atomic mass is 32.2. The second kappa shape index (κ2) is 5.46. The van der Waals surface area contributed by atoms with E-state index in [1.165, 1.54) is 6.07 Å². The number of halogens is 3. The fraction of sp³-hybridized carbons (Fsp3) is 0. The van der Waals surface area contributed by atoms with Crippen LogP contribution < -0.4 is 4.72 Å². The van der Waals surface area contributed by atoms with E-state index in [9.17, 15) is 21.6 Å². The lowest BCUT2D eigenvalue weighted by Crippen LogP contribution is -2.16. The van der Waals surface area contributed by atoms with E-state index in [0.29, 0.717) is 6.07 Å². The maximum absolute atomic E-state index is 13.5. The molecule has 0 aliphatic rings. The van der Waals surface area contributed by atoms with Crippen molar-refractivity contribution in [2.24, 2.45) is 0 Å². The molecule has 0 saturated carbocycles. The minimum absolute atomic E-state index is 0.495. The van der Waals surface area contributed by atoms with Crippen LogP contribution in [-0.2, 0) is 10.0 Å². The van der Waals surface area contributed by atoms with Crippen LogP contribution in [0.2, 0.25) is 0 Å². The molecule has 0 radical (unpaired) electrons. The molecule has 0 atom stereocenters. The zero-order valence-electron chi connectivity index (χ0n) is 10.3. The second-order valence-electron chi connectivity index (χ2n) is 3.95. The van der Waals surface area contributed by atoms with Crippen LogP contribution in [0.4, 0.5) is 18.9 Å². The summed E-state index contributed by atoms with van der Waals surface area (Å²) in [5, 5.41) is 8.81. The summed E-state index contributed by atoms with van der Waals surface area (Å²) in [4.78, 5) is -0.631. The van der Waals surface area contributed by atoms with Gasteiger partial charge in [-0.2, -0.15) is 5.26 Å². The van der Waals surface area contributed by atoms with Crippen LogP contribution in [0, 0.1) is 28.8 Å². The van der Waals surface area contributed by atoms with E-state index in [0.717, 1.165) is 30.3 Å². The molecule has 4 nitrogen and oxygen atoms in total. The molecule has 0 aliphatic heterocycles. The first-order chi connectivity index (χ1) is 9.85. The molecule has 0 aliphatic carbocycles. The molecule has 0 saturated heterocycles. The number of hydrogen-bond donors (Lipinski definition) is 1. The minimum atomic E-state index is -4.39. The van der Waals surface area contributed by atoms with Crippen molar-refractivity contribution in [1.82, 2.24) is 0 Å². The van der Waals surface area contributed by atoms with Crippen molar-refractivity contribution in [1.29, 1.82) is 5.26 Å². The summed E-state index contributed by atoms with van der Waals surface area (Å²) in [7, 11) is -4.39. The molecule has 1 N–H and O–H groups in total. The van der Waals surface area contributed by atoms with Gasteiger partial charge < -0.3 is 0 Å². The van der Waals surface area contributed by atoms with Crippen molar-refractivity contribution in [2.45, 2.75) is 4.90 Å². The molecule has 0 spiro atoms. The third-order valence-corrected chi connectivity index (χ3v) is 3.96. The van der Waals surface area contributed by atoms with Crippen LogP contribution in [0.25, 0.3) is 0 Å². The van der Waals surface area contributed by atoms with Gasteiger partial charge in [-0.15, -0.1) is 0 Å². The molecule has 8 heteroatoms. The van der Waals surface area contributed by atoms with Crippen LogP contribution in [-0.4, -0.2) is 8.42 Å². The van der Waals surface area contributed by atoms with E-state index in [1.54, 1.807) is 0 Å². The summed E-state index contributed by atoms with van der Waals surface area (Å²) >= 11 is 0. The summed E-state index contributed by atoms with van der Waals surface area (Å²) in [6, 6.07) is 6.70. The SMILES string of the molecule is N#Cc1c(F)cccc1S(=O)(=O)Nc1ccc(F)cc1F. The molecule has 2 rings (SSSR count). The van der Waals surface area contributed by atoms with Crippen LogP contribution in [0.5, 0.6) is 0 Å². The van der Waals surface area contributed by atoms with E-state index in [2.05, 4.69) is 0 Å². The Morgan fingerprint density at radius 3 is 2.38 bits per heavy atom. The maximum Gasteiger partial charge on any atom is 0.263 e. The Morgan fingerprint density at radius 2 is 1.76 bits per heavy atom. The van der Waals surface area contributed by atoms with Gasteiger partial charge in [0.25, 0.3) is 10.0 Å². The molecular formula is C13H7F3N2O2S. The zero-order chi connectivity index (χ0) is 15.6. The highest BCUT2D eigenvalue weighted by molar-refractivity contribution is 7.92. The molecule has 0 bridgehead atoms. The number of nitrogens with zero attached hydrogens (tertiary/aromatic N) is 1. The lowest BCUT2D eigenvalue weighted by Gasteiger charge is -2.10. The monoisotopic (exact) mass is 312 g/mol. The Labute approximate surface area is 118 Å². The van der Waals surface area contributed by atoms with Gasteiger partial charge in [-0.3, -0.25) is 4.72 Å². The Bertz CT molecular complexity index is 845. The van der Waals surface area contributed by atoms with Crippen molar-refractivity contribution in [3.05, 3.63) is 59.4 Å². The van der Waals surface area contributed by atoms with Gasteiger partial charge in [-0.05, 0) is 24.3 Å². The zero-order valence-corrected chi connectivity index (χ0v) is 11.1. The Morgan fingerprint density at radius 1 is 1.05 bits per heavy atom. The number of hydrogen-bond acceptors (Lipinski definition) is 3. The molecule has 2 aromatic carbocycles. The first-order valence-corrected chi connectivity index (χ1v) is 7.00. The lowest BCUT2D eigenvalue weighted by atomic mass is 10.2. The van der Waals surface area contributed by atoms with Gasteiger partial charge in [0.2, 0.25) is 0 Å². The van der Waals surface area contributed by atoms with Crippen LogP contribution in [0.3, 0.4) is 0 Å². The molecule has 0 amide bonds. The number of nitriles is 1. The quantitative estimate of drug-likeness (QED) is 0.947. The normalized spacial score (nSPS) is 11.0. The van der Waals surface area contributed by atoms with Gasteiger partial charge in [0.1, 0.15) is 34.0 Å². The standard InChI is InChI=1S/C13H7F3N2O2S/c14-8-4-5-12(11(16)6-8)18-21(19,20)13-3-1-2-10(15)9(13)7-17/h1-6,18H. The van der Waals surface area contributed by atoms with Gasteiger partial charge in [0.15, 0.2) is 0 Å². The molecule has 0 fully saturated rings. The fourth-order valence-corrected chi connectivity index (χ4v) is 2.84. The Kier molecular flexibility index (Phi) is 3.86. The van der Waals surface area contributed by atoms with Gasteiger partial charge in [0, 0.05) is 6.07 Å². The fourth-order valence-electron chi connectivity index (χ4n) is 1.61. The van der Waals surface area contributed by atoms with Crippen LogP contribution in [0.15, 0.2) is 41.3 Å². The Balaban J connectivity index is 2.49. The number of sulfonamides is 1. The number of rotatable bonds is 3. The third kappa shape index (κ3) is 2.98. The van der Waals surface area contributed by atoms with E-state index < -0.39 is 43.6 Å². The molecular weight excluding hydrogens is 305 g/mol. The van der Waals surface area contributed by atoms with E-state index in [-0.39, 0.29) is 0 Å². The highest BCUT2D eigenvalue weighted by Crippen LogP contribution is 2.23. The predicted octanol–water partition coefficient (Wildman–Crippen LogP) is 2.78. The van der Waals surface area contributed by atoms with Crippen LogP contribution >= 0.6 is 0 Å². The van der Waals surface area contributed by atoms with E-state index >= 15 is 0 Å². The number of nitrogens with one attached hydrogen (secondary N) is 1. The molecule has 0 aromatic heterocycles. The average Bonchev–Trinajstić information content (AvgIpc) is 2.41. The molecule has 2 aromatic rings. The molecule has 108 valence electrons. The first kappa shape index (κ1) is 14.9. The number of anilines is 1. The topological polar surface area (TPSA) is 70.0 Å². The summed E-state index contributed by atoms with van der Waals surface area (Å²) in [5.74, 6) is -3.02. The van der Waals surface area contributed by atoms with Crippen molar-refractivity contribution in [3.8, 4) is 6.07 Å². The lowest BCUT2D eigenvalue weighted by molar-refractivity contribution is 0.581. The molecule has 21 heavy (non-hydrogen) atoms. The third-order valence-electron chi connectivity index (χ3n) is 2.55. The summed E-state index contributed by atoms with van der Waals surface area (Å²) in [5.41, 5.74) is -1.20. The highest BCUT2D eigenvalue weighted by Gasteiger charge is 2.22. The minimum Gasteiger partial charge on any atom is -0.277 e. The van der Waals surface area contributed by atoms with Crippen molar-refractivity contribution in [3.63, 3.8) is 0 Å². The summed E-state index contributed by atoms with van der Waals surface area (Å²) in [6.45, 7) is 0. The maximum atomic E-state index is 13.5. The largest absolute Gasteiger partial charge is 0.277 e. The average molecular weight is 312 g/mol. The smallest absolute Gasteiger partial charge is 0.263 e. The second-order valence-corrected chi connectivity index (χ2v) is 5.61. The van der Waals surface area contributed by atoms with E-state index in [4.69, 9.17) is 5.26 Å². The Hall–Kier alpha value is -2.53. The molecule has 0 unspecified atom stereocenters. The van der Waals surface area contributed by atoms with Gasteiger partial charge in [-0.1, -0.05) is 6.07 Å². The summed E-state index contributed by atoms with van der Waals surface area (Å²) in [6.07, 6.45) is 0. The molecule has 0 heterocycles. The van der Waals surface area contributed by atoms with Gasteiger partial charge in [-0.25, -0.2) is 21.6 Å².